The second-order valence-corrected chi connectivity index (χ2v) is 9.38. The van der Waals surface area contributed by atoms with Crippen LogP contribution >= 0.6 is 0 Å². The molecule has 4 nitrogen and oxygen atoms in total. The van der Waals surface area contributed by atoms with Crippen molar-refractivity contribution < 1.29 is 5.11 Å². The summed E-state index contributed by atoms with van der Waals surface area (Å²) in [5, 5.41) is 10.5. The summed E-state index contributed by atoms with van der Waals surface area (Å²) < 4.78 is 0. The standard InChI is InChI=1S/C26H43N3O/c1-9-22-12-11-19(3)15-23(16-22)26(6,10-2)17-25(27-7)29-18-20(4)28(8)14-13-24(29)21(5)30/h12,15-16,20,30H,9-11,13-14,17-18H2,1-8H3/b24-21+,27-25-. The number of hydrogen-bond donors (Lipinski definition) is 1. The first-order chi connectivity index (χ1) is 14.1. The van der Waals surface area contributed by atoms with E-state index < -0.39 is 0 Å². The molecular formula is C26H43N3O. The van der Waals surface area contributed by atoms with E-state index in [9.17, 15) is 5.11 Å². The highest BCUT2D eigenvalue weighted by atomic mass is 16.3. The third-order valence-electron chi connectivity index (χ3n) is 7.08. The van der Waals surface area contributed by atoms with Gasteiger partial charge in [0.05, 0.1) is 5.70 Å². The van der Waals surface area contributed by atoms with Crippen molar-refractivity contribution in [3.05, 3.63) is 46.4 Å². The van der Waals surface area contributed by atoms with Crippen LogP contribution in [-0.2, 0) is 0 Å². The van der Waals surface area contributed by atoms with E-state index in [-0.39, 0.29) is 5.41 Å². The molecule has 1 N–H and O–H groups in total. The highest BCUT2D eigenvalue weighted by Gasteiger charge is 2.33. The van der Waals surface area contributed by atoms with Crippen molar-refractivity contribution in [3.8, 4) is 0 Å². The third-order valence-corrected chi connectivity index (χ3v) is 7.08. The van der Waals surface area contributed by atoms with Crippen LogP contribution in [0, 0.1) is 5.41 Å². The molecule has 0 radical (unpaired) electrons. The molecule has 168 valence electrons. The zero-order chi connectivity index (χ0) is 22.5. The van der Waals surface area contributed by atoms with E-state index in [4.69, 9.17) is 4.99 Å². The lowest BCUT2D eigenvalue weighted by atomic mass is 9.75. The van der Waals surface area contributed by atoms with Crippen LogP contribution < -0.4 is 0 Å². The van der Waals surface area contributed by atoms with E-state index in [2.05, 4.69) is 69.7 Å². The number of amidine groups is 1. The first-order valence-electron chi connectivity index (χ1n) is 11.6. The van der Waals surface area contributed by atoms with Crippen LogP contribution in [0.15, 0.2) is 51.4 Å². The number of allylic oxidation sites excluding steroid dienone is 7. The normalized spacial score (nSPS) is 25.6. The molecule has 0 aromatic carbocycles. The van der Waals surface area contributed by atoms with E-state index in [1.165, 1.54) is 16.7 Å². The Balaban J connectivity index is 2.44. The van der Waals surface area contributed by atoms with E-state index >= 15 is 0 Å². The molecule has 0 aromatic rings. The Morgan fingerprint density at radius 2 is 2.00 bits per heavy atom. The maximum atomic E-state index is 10.5. The molecule has 1 aliphatic heterocycles. The van der Waals surface area contributed by atoms with Gasteiger partial charge in [0.1, 0.15) is 11.6 Å². The summed E-state index contributed by atoms with van der Waals surface area (Å²) in [6.45, 7) is 15.0. The predicted molar refractivity (Wildman–Crippen MR) is 130 cm³/mol. The quantitative estimate of drug-likeness (QED) is 0.329. The second kappa shape index (κ2) is 10.5. The van der Waals surface area contributed by atoms with Gasteiger partial charge in [0, 0.05) is 39.0 Å². The van der Waals surface area contributed by atoms with Crippen molar-refractivity contribution in [2.45, 2.75) is 79.7 Å². The lowest BCUT2D eigenvalue weighted by Crippen LogP contribution is -2.41. The molecule has 0 amide bonds. The van der Waals surface area contributed by atoms with Gasteiger partial charge in [-0.3, -0.25) is 4.99 Å². The largest absolute Gasteiger partial charge is 0.511 e. The Bertz CT molecular complexity index is 767. The van der Waals surface area contributed by atoms with E-state index in [1.807, 2.05) is 14.0 Å². The Morgan fingerprint density at radius 3 is 2.57 bits per heavy atom. The zero-order valence-corrected chi connectivity index (χ0v) is 20.5. The number of aliphatic hydroxyl groups is 1. The molecule has 0 saturated carbocycles. The number of aliphatic imine (C=N–C) groups is 1. The summed E-state index contributed by atoms with van der Waals surface area (Å²) in [5.41, 5.74) is 5.24. The summed E-state index contributed by atoms with van der Waals surface area (Å²) in [6, 6.07) is 0.403. The van der Waals surface area contributed by atoms with Gasteiger partial charge in [0.25, 0.3) is 0 Å². The zero-order valence-electron chi connectivity index (χ0n) is 20.5. The Morgan fingerprint density at radius 1 is 1.30 bits per heavy atom. The lowest BCUT2D eigenvalue weighted by Gasteiger charge is -2.36. The maximum Gasteiger partial charge on any atom is 0.109 e. The van der Waals surface area contributed by atoms with Crippen molar-refractivity contribution in [3.63, 3.8) is 0 Å². The van der Waals surface area contributed by atoms with Crippen LogP contribution in [0.4, 0.5) is 0 Å². The van der Waals surface area contributed by atoms with Gasteiger partial charge in [-0.15, -0.1) is 0 Å². The number of hydrogen-bond acceptors (Lipinski definition) is 3. The second-order valence-electron chi connectivity index (χ2n) is 9.38. The van der Waals surface area contributed by atoms with Crippen molar-refractivity contribution in [1.82, 2.24) is 9.80 Å². The molecule has 0 aromatic heterocycles. The Kier molecular flexibility index (Phi) is 8.54. The number of rotatable bonds is 5. The molecule has 30 heavy (non-hydrogen) atoms. The highest BCUT2D eigenvalue weighted by molar-refractivity contribution is 5.85. The molecule has 1 saturated heterocycles. The smallest absolute Gasteiger partial charge is 0.109 e. The molecule has 1 fully saturated rings. The fourth-order valence-corrected chi connectivity index (χ4v) is 4.38. The van der Waals surface area contributed by atoms with Crippen molar-refractivity contribution in [2.75, 3.05) is 27.2 Å². The Labute approximate surface area is 184 Å². The molecule has 0 bridgehead atoms. The fraction of sp³-hybridized carbons (Fsp3) is 0.654. The van der Waals surface area contributed by atoms with Gasteiger partial charge in [-0.2, -0.15) is 0 Å². The molecule has 4 heteroatoms. The van der Waals surface area contributed by atoms with Crippen LogP contribution in [0.3, 0.4) is 0 Å². The van der Waals surface area contributed by atoms with Crippen LogP contribution in [0.2, 0.25) is 0 Å². The van der Waals surface area contributed by atoms with Gasteiger partial charge < -0.3 is 14.9 Å². The molecule has 2 aliphatic rings. The fourth-order valence-electron chi connectivity index (χ4n) is 4.38. The topological polar surface area (TPSA) is 39.1 Å². The summed E-state index contributed by atoms with van der Waals surface area (Å²) >= 11 is 0. The predicted octanol–water partition coefficient (Wildman–Crippen LogP) is 6.25. The van der Waals surface area contributed by atoms with Gasteiger partial charge in [0.15, 0.2) is 0 Å². The number of aliphatic hydroxyl groups excluding tert-OH is 1. The SMILES string of the molecule is CCC1=CCC(C)=CC(C(C)(CC)C/C(=N/C)N2CC(C)N(C)CC/C2=C(/C)O)=C1. The maximum absolute atomic E-state index is 10.5. The summed E-state index contributed by atoms with van der Waals surface area (Å²) in [6.07, 6.45) is 12.0. The summed E-state index contributed by atoms with van der Waals surface area (Å²) in [7, 11) is 4.06. The average Bonchev–Trinajstić information content (AvgIpc) is 3.00. The number of likely N-dealkylation sites (N-methyl/N-ethyl adjacent to an activating group) is 1. The minimum Gasteiger partial charge on any atom is -0.511 e. The minimum absolute atomic E-state index is 0.00931. The molecule has 1 heterocycles. The van der Waals surface area contributed by atoms with Gasteiger partial charge in [-0.05, 0) is 58.1 Å². The highest BCUT2D eigenvalue weighted by Crippen LogP contribution is 2.40. The van der Waals surface area contributed by atoms with Gasteiger partial charge in [-0.1, -0.05) is 50.1 Å². The van der Waals surface area contributed by atoms with Crippen LogP contribution in [0.25, 0.3) is 0 Å². The molecule has 2 rings (SSSR count). The van der Waals surface area contributed by atoms with Crippen LogP contribution in [0.5, 0.6) is 0 Å². The molecule has 0 spiro atoms. The van der Waals surface area contributed by atoms with Gasteiger partial charge in [0.2, 0.25) is 0 Å². The monoisotopic (exact) mass is 413 g/mol. The summed E-state index contributed by atoms with van der Waals surface area (Å²) in [5.74, 6) is 1.49. The van der Waals surface area contributed by atoms with E-state index in [1.54, 1.807) is 0 Å². The lowest BCUT2D eigenvalue weighted by molar-refractivity contribution is 0.256. The first-order valence-corrected chi connectivity index (χ1v) is 11.6. The molecular weight excluding hydrogens is 370 g/mol. The van der Waals surface area contributed by atoms with Crippen molar-refractivity contribution >= 4 is 5.84 Å². The van der Waals surface area contributed by atoms with E-state index in [0.717, 1.165) is 56.7 Å². The molecule has 2 unspecified atom stereocenters. The van der Waals surface area contributed by atoms with Crippen molar-refractivity contribution in [2.24, 2.45) is 10.4 Å². The van der Waals surface area contributed by atoms with Gasteiger partial charge in [-0.25, -0.2) is 0 Å². The first kappa shape index (κ1) is 24.5. The van der Waals surface area contributed by atoms with Gasteiger partial charge >= 0.3 is 0 Å². The average molecular weight is 414 g/mol. The van der Waals surface area contributed by atoms with Crippen LogP contribution in [-0.4, -0.2) is 54.0 Å². The minimum atomic E-state index is -0.00931. The van der Waals surface area contributed by atoms with E-state index in [0.29, 0.717) is 11.8 Å². The number of nitrogens with zero attached hydrogens (tertiary/aromatic N) is 3. The molecule has 1 aliphatic carbocycles. The summed E-state index contributed by atoms with van der Waals surface area (Å²) in [4.78, 5) is 9.43. The third kappa shape index (κ3) is 5.66. The molecule has 2 atom stereocenters. The Hall–Kier alpha value is -1.81. The van der Waals surface area contributed by atoms with Crippen molar-refractivity contribution in [1.29, 1.82) is 0 Å². The van der Waals surface area contributed by atoms with Crippen LogP contribution in [0.1, 0.15) is 73.6 Å².